The predicted octanol–water partition coefficient (Wildman–Crippen LogP) is 6.03. The number of furan rings is 1. The van der Waals surface area contributed by atoms with E-state index in [-0.39, 0.29) is 11.6 Å². The molecule has 0 N–H and O–H groups in total. The van der Waals surface area contributed by atoms with Crippen LogP contribution >= 0.6 is 11.6 Å². The van der Waals surface area contributed by atoms with Gasteiger partial charge in [-0.25, -0.2) is 8.96 Å². The van der Waals surface area contributed by atoms with Crippen LogP contribution in [0, 0.1) is 12.7 Å². The molecular formula is C23H14ClFN2O3. The van der Waals surface area contributed by atoms with Gasteiger partial charge in [0.25, 0.3) is 0 Å². The zero-order valence-corrected chi connectivity index (χ0v) is 16.5. The summed E-state index contributed by atoms with van der Waals surface area (Å²) in [7, 11) is 0. The van der Waals surface area contributed by atoms with Crippen LogP contribution in [0.15, 0.2) is 75.9 Å². The quantitative estimate of drug-likeness (QED) is 0.358. The van der Waals surface area contributed by atoms with Crippen LogP contribution in [-0.2, 0) is 0 Å². The predicted molar refractivity (Wildman–Crippen MR) is 113 cm³/mol. The second-order valence-electron chi connectivity index (χ2n) is 6.80. The van der Waals surface area contributed by atoms with Gasteiger partial charge in [0, 0.05) is 10.4 Å². The molecule has 0 amide bonds. The van der Waals surface area contributed by atoms with Gasteiger partial charge in [-0.15, -0.1) is 0 Å². The highest BCUT2D eigenvalue weighted by molar-refractivity contribution is 6.30. The molecule has 5 nitrogen and oxygen atoms in total. The van der Waals surface area contributed by atoms with Gasteiger partial charge in [-0.3, -0.25) is 4.79 Å². The molecule has 30 heavy (non-hydrogen) atoms. The van der Waals surface area contributed by atoms with Crippen molar-refractivity contribution in [3.05, 3.63) is 93.5 Å². The molecule has 0 fully saturated rings. The SMILES string of the molecule is Cc1cc(Cl)ccc1Oc1nc2c(oc3ccccc32)c(=O)n1-c1ccc(F)cc1. The van der Waals surface area contributed by atoms with Gasteiger partial charge >= 0.3 is 11.6 Å². The summed E-state index contributed by atoms with van der Waals surface area (Å²) in [6.45, 7) is 1.84. The lowest BCUT2D eigenvalue weighted by Gasteiger charge is -2.14. The Morgan fingerprint density at radius 2 is 1.83 bits per heavy atom. The number of halogens is 2. The fourth-order valence-electron chi connectivity index (χ4n) is 3.33. The molecule has 0 aliphatic carbocycles. The highest BCUT2D eigenvalue weighted by atomic mass is 35.5. The summed E-state index contributed by atoms with van der Waals surface area (Å²) in [5, 5.41) is 1.27. The summed E-state index contributed by atoms with van der Waals surface area (Å²) in [5.41, 5.74) is 1.76. The van der Waals surface area contributed by atoms with Crippen LogP contribution in [0.1, 0.15) is 5.56 Å². The molecule has 0 spiro atoms. The van der Waals surface area contributed by atoms with E-state index in [1.807, 2.05) is 25.1 Å². The maximum atomic E-state index is 13.5. The molecule has 148 valence electrons. The van der Waals surface area contributed by atoms with Crippen molar-refractivity contribution in [2.24, 2.45) is 0 Å². The van der Waals surface area contributed by atoms with Crippen molar-refractivity contribution in [1.29, 1.82) is 0 Å². The Morgan fingerprint density at radius 3 is 2.60 bits per heavy atom. The van der Waals surface area contributed by atoms with E-state index >= 15 is 0 Å². The zero-order valence-electron chi connectivity index (χ0n) is 15.7. The van der Waals surface area contributed by atoms with E-state index in [1.54, 1.807) is 24.3 Å². The molecule has 5 aromatic rings. The summed E-state index contributed by atoms with van der Waals surface area (Å²) in [6.07, 6.45) is 0. The van der Waals surface area contributed by atoms with Crippen LogP contribution in [0.5, 0.6) is 11.8 Å². The van der Waals surface area contributed by atoms with E-state index in [4.69, 9.17) is 20.8 Å². The van der Waals surface area contributed by atoms with Crippen molar-refractivity contribution in [1.82, 2.24) is 9.55 Å². The lowest BCUT2D eigenvalue weighted by atomic mass is 10.2. The lowest BCUT2D eigenvalue weighted by molar-refractivity contribution is 0.423. The number of nitrogens with zero attached hydrogens (tertiary/aromatic N) is 2. The van der Waals surface area contributed by atoms with Crippen molar-refractivity contribution in [2.45, 2.75) is 6.92 Å². The van der Waals surface area contributed by atoms with Gasteiger partial charge in [0.2, 0.25) is 5.58 Å². The molecule has 3 aromatic carbocycles. The Bertz CT molecular complexity index is 1470. The number of aryl methyl sites for hydroxylation is 1. The van der Waals surface area contributed by atoms with Crippen molar-refractivity contribution < 1.29 is 13.5 Å². The number of ether oxygens (including phenoxy) is 1. The van der Waals surface area contributed by atoms with E-state index in [2.05, 4.69) is 4.98 Å². The molecular weight excluding hydrogens is 407 g/mol. The van der Waals surface area contributed by atoms with Crippen LogP contribution in [0.3, 0.4) is 0 Å². The van der Waals surface area contributed by atoms with E-state index in [0.29, 0.717) is 32.9 Å². The standard InChI is InChI=1S/C23H14ClFN2O3/c1-13-12-14(24)6-11-18(13)30-23-26-20-17-4-2-3-5-19(17)29-21(20)22(28)27(23)16-9-7-15(25)8-10-16/h2-12H,1H3. The smallest absolute Gasteiger partial charge is 0.310 e. The average Bonchev–Trinajstić information content (AvgIpc) is 3.10. The highest BCUT2D eigenvalue weighted by Crippen LogP contribution is 2.31. The third-order valence-corrected chi connectivity index (χ3v) is 5.02. The van der Waals surface area contributed by atoms with Crippen LogP contribution in [-0.4, -0.2) is 9.55 Å². The number of hydrogen-bond acceptors (Lipinski definition) is 4. The van der Waals surface area contributed by atoms with Gasteiger partial charge in [-0.05, 0) is 67.1 Å². The summed E-state index contributed by atoms with van der Waals surface area (Å²) in [6, 6.07) is 17.9. The minimum atomic E-state index is -0.454. The van der Waals surface area contributed by atoms with Gasteiger partial charge < -0.3 is 9.15 Å². The van der Waals surface area contributed by atoms with Crippen molar-refractivity contribution in [3.8, 4) is 17.4 Å². The van der Waals surface area contributed by atoms with E-state index < -0.39 is 11.4 Å². The normalized spacial score (nSPS) is 11.3. The summed E-state index contributed by atoms with van der Waals surface area (Å²) >= 11 is 6.04. The maximum absolute atomic E-state index is 13.5. The first-order valence-corrected chi connectivity index (χ1v) is 9.53. The molecule has 0 saturated carbocycles. The molecule has 0 unspecified atom stereocenters. The van der Waals surface area contributed by atoms with E-state index in [1.165, 1.54) is 28.8 Å². The molecule has 0 aliphatic heterocycles. The molecule has 0 radical (unpaired) electrons. The van der Waals surface area contributed by atoms with Crippen molar-refractivity contribution >= 4 is 33.7 Å². The van der Waals surface area contributed by atoms with Gasteiger partial charge in [0.1, 0.15) is 22.7 Å². The van der Waals surface area contributed by atoms with Crippen molar-refractivity contribution in [2.75, 3.05) is 0 Å². The number of para-hydroxylation sites is 1. The minimum Gasteiger partial charge on any atom is -0.448 e. The molecule has 2 heterocycles. The first kappa shape index (κ1) is 18.4. The largest absolute Gasteiger partial charge is 0.448 e. The molecule has 0 bridgehead atoms. The second-order valence-corrected chi connectivity index (χ2v) is 7.24. The third kappa shape index (κ3) is 3.02. The zero-order chi connectivity index (χ0) is 20.8. The summed E-state index contributed by atoms with van der Waals surface area (Å²) < 4.78 is 26.5. The van der Waals surface area contributed by atoms with Gasteiger partial charge in [-0.1, -0.05) is 23.7 Å². The summed E-state index contributed by atoms with van der Waals surface area (Å²) in [5.74, 6) is 0.0786. The number of fused-ring (bicyclic) bond motifs is 3. The number of benzene rings is 3. The molecule has 0 atom stereocenters. The molecule has 0 saturated heterocycles. The summed E-state index contributed by atoms with van der Waals surface area (Å²) in [4.78, 5) is 18.0. The van der Waals surface area contributed by atoms with E-state index in [0.717, 1.165) is 5.56 Å². The van der Waals surface area contributed by atoms with Crippen molar-refractivity contribution in [3.63, 3.8) is 0 Å². The first-order valence-electron chi connectivity index (χ1n) is 9.15. The molecule has 5 rings (SSSR count). The number of hydrogen-bond donors (Lipinski definition) is 0. The van der Waals surface area contributed by atoms with Crippen LogP contribution in [0.25, 0.3) is 27.8 Å². The molecule has 0 aliphatic rings. The topological polar surface area (TPSA) is 57.3 Å². The Balaban J connectivity index is 1.81. The van der Waals surface area contributed by atoms with Crippen LogP contribution in [0.4, 0.5) is 4.39 Å². The van der Waals surface area contributed by atoms with Gasteiger partial charge in [0.15, 0.2) is 0 Å². The number of aromatic nitrogens is 2. The second kappa shape index (κ2) is 7.00. The first-order chi connectivity index (χ1) is 14.5. The Hall–Kier alpha value is -3.64. The third-order valence-electron chi connectivity index (χ3n) is 4.79. The fraction of sp³-hybridized carbons (Fsp3) is 0.0435. The average molecular weight is 421 g/mol. The van der Waals surface area contributed by atoms with Gasteiger partial charge in [-0.2, -0.15) is 4.98 Å². The molecule has 2 aromatic heterocycles. The van der Waals surface area contributed by atoms with E-state index in [9.17, 15) is 9.18 Å². The van der Waals surface area contributed by atoms with Crippen LogP contribution < -0.4 is 10.3 Å². The Kier molecular flexibility index (Phi) is 4.29. The number of rotatable bonds is 3. The Morgan fingerprint density at radius 1 is 1.07 bits per heavy atom. The van der Waals surface area contributed by atoms with Crippen LogP contribution in [0.2, 0.25) is 5.02 Å². The molecule has 7 heteroatoms. The highest BCUT2D eigenvalue weighted by Gasteiger charge is 2.20. The minimum absolute atomic E-state index is 0.0380. The lowest BCUT2D eigenvalue weighted by Crippen LogP contribution is -2.21. The maximum Gasteiger partial charge on any atom is 0.310 e. The van der Waals surface area contributed by atoms with Gasteiger partial charge in [0.05, 0.1) is 5.69 Å². The monoisotopic (exact) mass is 420 g/mol. The Labute approximate surface area is 174 Å². The fourth-order valence-corrected chi connectivity index (χ4v) is 3.56.